The number of benzene rings is 1. The molecule has 1 unspecified atom stereocenters. The highest BCUT2D eigenvalue weighted by molar-refractivity contribution is 7.90. The summed E-state index contributed by atoms with van der Waals surface area (Å²) in [5, 5.41) is 13.4. The standard InChI is InChI=1S/C30H37N9O3S/c1-20(2)34-26-16-28(32-18-24(26)30(40)35-25(13-15-38(3)4)21-8-6-5-7-9-21)36-27-12-14-31-29(37-27)22-17-33-39(19-22)43(41,42)23-10-11-23/h5-9,12,14,16-20,23,25H,10-11,13,15H2,1-4H3,(H,35,40)(H2,31,32,34,36,37). The summed E-state index contributed by atoms with van der Waals surface area (Å²) >= 11 is 0. The Morgan fingerprint density at radius 1 is 1.07 bits per heavy atom. The first-order valence-corrected chi connectivity index (χ1v) is 15.8. The Morgan fingerprint density at radius 2 is 1.84 bits per heavy atom. The molecule has 1 aliphatic rings. The van der Waals surface area contributed by atoms with Crippen LogP contribution in [0, 0.1) is 0 Å². The fourth-order valence-corrected chi connectivity index (χ4v) is 6.02. The number of pyridine rings is 1. The summed E-state index contributed by atoms with van der Waals surface area (Å²) < 4.78 is 26.0. The Labute approximate surface area is 252 Å². The van der Waals surface area contributed by atoms with Gasteiger partial charge in [-0.25, -0.2) is 23.4 Å². The Morgan fingerprint density at radius 3 is 2.53 bits per heavy atom. The molecule has 0 aliphatic heterocycles. The van der Waals surface area contributed by atoms with Crippen LogP contribution in [-0.4, -0.2) is 75.3 Å². The summed E-state index contributed by atoms with van der Waals surface area (Å²) in [5.41, 5.74) is 2.58. The topological polar surface area (TPSA) is 147 Å². The average Bonchev–Trinajstić information content (AvgIpc) is 3.72. The van der Waals surface area contributed by atoms with Gasteiger partial charge >= 0.3 is 0 Å². The van der Waals surface area contributed by atoms with Crippen LogP contribution in [0.3, 0.4) is 0 Å². The van der Waals surface area contributed by atoms with Crippen molar-refractivity contribution < 1.29 is 13.2 Å². The van der Waals surface area contributed by atoms with Crippen LogP contribution in [0.5, 0.6) is 0 Å². The second-order valence-electron chi connectivity index (χ2n) is 11.2. The number of anilines is 3. The van der Waals surface area contributed by atoms with Gasteiger partial charge in [-0.1, -0.05) is 30.3 Å². The molecule has 3 heterocycles. The Balaban J connectivity index is 1.35. The van der Waals surface area contributed by atoms with Gasteiger partial charge in [0.15, 0.2) is 5.82 Å². The van der Waals surface area contributed by atoms with Crippen LogP contribution in [0.4, 0.5) is 17.3 Å². The molecule has 1 amide bonds. The number of carbonyl (C=O) groups is 1. The van der Waals surface area contributed by atoms with Crippen molar-refractivity contribution in [2.45, 2.75) is 50.4 Å². The fourth-order valence-electron chi connectivity index (χ4n) is 4.54. The van der Waals surface area contributed by atoms with Crippen LogP contribution in [-0.2, 0) is 10.0 Å². The van der Waals surface area contributed by atoms with E-state index in [1.165, 1.54) is 12.4 Å². The summed E-state index contributed by atoms with van der Waals surface area (Å²) in [6, 6.07) is 13.3. The van der Waals surface area contributed by atoms with Gasteiger partial charge in [-0.3, -0.25) is 4.79 Å². The molecular weight excluding hydrogens is 566 g/mol. The van der Waals surface area contributed by atoms with Crippen molar-refractivity contribution in [1.29, 1.82) is 0 Å². The van der Waals surface area contributed by atoms with Crippen LogP contribution in [0.15, 0.2) is 67.3 Å². The molecule has 1 aromatic carbocycles. The molecule has 43 heavy (non-hydrogen) atoms. The minimum atomic E-state index is -3.49. The van der Waals surface area contributed by atoms with Gasteiger partial charge in [-0.2, -0.15) is 9.19 Å². The highest BCUT2D eigenvalue weighted by Gasteiger charge is 2.37. The van der Waals surface area contributed by atoms with Gasteiger partial charge in [-0.15, -0.1) is 0 Å². The Bertz CT molecular complexity index is 1670. The third kappa shape index (κ3) is 7.54. The van der Waals surface area contributed by atoms with E-state index in [-0.39, 0.29) is 23.2 Å². The van der Waals surface area contributed by atoms with Crippen LogP contribution >= 0.6 is 0 Å². The molecule has 12 nitrogen and oxygen atoms in total. The van der Waals surface area contributed by atoms with Crippen molar-refractivity contribution in [3.63, 3.8) is 0 Å². The zero-order valence-corrected chi connectivity index (χ0v) is 25.5. The number of carbonyl (C=O) groups excluding carboxylic acids is 1. The van der Waals surface area contributed by atoms with E-state index in [0.29, 0.717) is 47.1 Å². The quantitative estimate of drug-likeness (QED) is 0.204. The van der Waals surface area contributed by atoms with Gasteiger partial charge < -0.3 is 20.9 Å². The second-order valence-corrected chi connectivity index (χ2v) is 13.2. The second kappa shape index (κ2) is 12.9. The van der Waals surface area contributed by atoms with E-state index >= 15 is 0 Å². The molecule has 3 aromatic heterocycles. The first kappa shape index (κ1) is 30.1. The molecule has 1 fully saturated rings. The maximum absolute atomic E-state index is 13.6. The normalized spacial score (nSPS) is 14.1. The molecule has 0 spiro atoms. The molecule has 0 saturated heterocycles. The molecule has 3 N–H and O–H groups in total. The van der Waals surface area contributed by atoms with E-state index in [1.807, 2.05) is 58.3 Å². The first-order valence-electron chi connectivity index (χ1n) is 14.3. The maximum Gasteiger partial charge on any atom is 0.256 e. The van der Waals surface area contributed by atoms with Gasteiger partial charge in [0, 0.05) is 24.5 Å². The van der Waals surface area contributed by atoms with Crippen LogP contribution in [0.25, 0.3) is 11.4 Å². The third-order valence-corrected chi connectivity index (χ3v) is 8.94. The Kier molecular flexibility index (Phi) is 9.02. The van der Waals surface area contributed by atoms with Gasteiger partial charge in [0.05, 0.1) is 40.5 Å². The summed E-state index contributed by atoms with van der Waals surface area (Å²) in [6.07, 6.45) is 8.05. The lowest BCUT2D eigenvalue weighted by Crippen LogP contribution is -2.32. The van der Waals surface area contributed by atoms with Crippen LogP contribution in [0.2, 0.25) is 0 Å². The van der Waals surface area contributed by atoms with Crippen molar-refractivity contribution in [2.24, 2.45) is 0 Å². The van der Waals surface area contributed by atoms with Crippen molar-refractivity contribution in [3.05, 3.63) is 78.4 Å². The molecule has 226 valence electrons. The molecule has 0 bridgehead atoms. The summed E-state index contributed by atoms with van der Waals surface area (Å²) in [5.74, 6) is 1.03. The maximum atomic E-state index is 13.6. The molecule has 0 radical (unpaired) electrons. The monoisotopic (exact) mass is 603 g/mol. The van der Waals surface area contributed by atoms with Gasteiger partial charge in [-0.05, 0) is 65.4 Å². The van der Waals surface area contributed by atoms with Crippen LogP contribution in [0.1, 0.15) is 55.1 Å². The summed E-state index contributed by atoms with van der Waals surface area (Å²) in [7, 11) is 0.537. The number of hydrogen-bond donors (Lipinski definition) is 3. The zero-order chi connectivity index (χ0) is 30.6. The van der Waals surface area contributed by atoms with Crippen molar-refractivity contribution >= 4 is 33.3 Å². The van der Waals surface area contributed by atoms with E-state index < -0.39 is 10.0 Å². The highest BCUT2D eigenvalue weighted by Crippen LogP contribution is 2.30. The number of nitrogens with zero attached hydrogens (tertiary/aromatic N) is 6. The zero-order valence-electron chi connectivity index (χ0n) is 24.7. The van der Waals surface area contributed by atoms with Crippen molar-refractivity contribution in [3.8, 4) is 11.4 Å². The molecule has 4 aromatic rings. The predicted octanol–water partition coefficient (Wildman–Crippen LogP) is 4.06. The summed E-state index contributed by atoms with van der Waals surface area (Å²) in [6.45, 7) is 4.81. The van der Waals surface area contributed by atoms with Crippen molar-refractivity contribution in [1.82, 2.24) is 34.4 Å². The van der Waals surface area contributed by atoms with Gasteiger partial charge in [0.25, 0.3) is 15.9 Å². The SMILES string of the molecule is CC(C)Nc1cc(Nc2ccnc(-c3cnn(S(=O)(=O)C4CC4)c3)n2)ncc1C(=O)NC(CCN(C)C)c1ccccc1. The van der Waals surface area contributed by atoms with E-state index in [1.54, 1.807) is 24.5 Å². The molecule has 1 aliphatic carbocycles. The third-order valence-electron chi connectivity index (χ3n) is 6.90. The fraction of sp³-hybridized carbons (Fsp3) is 0.367. The van der Waals surface area contributed by atoms with Crippen molar-refractivity contribution in [2.75, 3.05) is 31.3 Å². The largest absolute Gasteiger partial charge is 0.382 e. The van der Waals surface area contributed by atoms with E-state index in [4.69, 9.17) is 0 Å². The minimum absolute atomic E-state index is 0.0644. The lowest BCUT2D eigenvalue weighted by atomic mass is 10.0. The number of aromatic nitrogens is 5. The smallest absolute Gasteiger partial charge is 0.256 e. The number of rotatable bonds is 13. The number of nitrogens with one attached hydrogen (secondary N) is 3. The lowest BCUT2D eigenvalue weighted by Gasteiger charge is -2.22. The molecule has 1 atom stereocenters. The first-order chi connectivity index (χ1) is 20.6. The van der Waals surface area contributed by atoms with Gasteiger partial charge in [0.2, 0.25) is 0 Å². The summed E-state index contributed by atoms with van der Waals surface area (Å²) in [4.78, 5) is 29.0. The highest BCUT2D eigenvalue weighted by atomic mass is 32.2. The minimum Gasteiger partial charge on any atom is -0.382 e. The van der Waals surface area contributed by atoms with Crippen LogP contribution < -0.4 is 16.0 Å². The van der Waals surface area contributed by atoms with E-state index in [0.717, 1.165) is 22.6 Å². The lowest BCUT2D eigenvalue weighted by molar-refractivity contribution is 0.0933. The van der Waals surface area contributed by atoms with E-state index in [9.17, 15) is 13.2 Å². The number of amides is 1. The average molecular weight is 604 g/mol. The molecule has 13 heteroatoms. The Hall–Kier alpha value is -4.36. The molecule has 1 saturated carbocycles. The molecule has 5 rings (SSSR count). The predicted molar refractivity (Wildman–Crippen MR) is 167 cm³/mol. The van der Waals surface area contributed by atoms with E-state index in [2.05, 4.69) is 40.9 Å². The number of hydrogen-bond acceptors (Lipinski definition) is 10. The molecular formula is C30H37N9O3S. The van der Waals surface area contributed by atoms with Gasteiger partial charge in [0.1, 0.15) is 11.6 Å².